The number of sulfone groups is 1. The molecule has 0 saturated carbocycles. The van der Waals surface area contributed by atoms with Crippen molar-refractivity contribution < 1.29 is 23.4 Å². The van der Waals surface area contributed by atoms with Gasteiger partial charge in [-0.3, -0.25) is 4.79 Å². The van der Waals surface area contributed by atoms with Gasteiger partial charge >= 0.3 is 5.97 Å². The van der Waals surface area contributed by atoms with Crippen LogP contribution in [-0.4, -0.2) is 42.7 Å². The van der Waals surface area contributed by atoms with E-state index in [0.717, 1.165) is 0 Å². The van der Waals surface area contributed by atoms with Crippen LogP contribution in [0.3, 0.4) is 0 Å². The predicted molar refractivity (Wildman–Crippen MR) is 54.2 cm³/mol. The lowest BCUT2D eigenvalue weighted by atomic mass is 9.86. The summed E-state index contributed by atoms with van der Waals surface area (Å²) in [5.41, 5.74) is 0. The van der Waals surface area contributed by atoms with E-state index in [1.807, 2.05) is 0 Å². The molecule has 0 aromatic heterocycles. The maximum atomic E-state index is 11.2. The second-order valence-corrected chi connectivity index (χ2v) is 6.33. The Morgan fingerprint density at radius 2 is 1.87 bits per heavy atom. The van der Waals surface area contributed by atoms with Crippen LogP contribution in [0.5, 0.6) is 0 Å². The number of carboxylic acids is 1. The fraction of sp³-hybridized carbons (Fsp3) is 0.889. The largest absolute Gasteiger partial charge is 0.481 e. The number of aliphatic carboxylic acids is 1. The highest BCUT2D eigenvalue weighted by molar-refractivity contribution is 7.91. The number of carboxylic acid groups (broad SMARTS) is 1. The van der Waals surface area contributed by atoms with Gasteiger partial charge in [-0.15, -0.1) is 0 Å². The zero-order chi connectivity index (χ0) is 11.5. The number of hydrogen-bond donors (Lipinski definition) is 2. The second kappa shape index (κ2) is 4.94. The molecule has 0 bridgehead atoms. The molecule has 88 valence electrons. The van der Waals surface area contributed by atoms with Crippen LogP contribution in [0.25, 0.3) is 0 Å². The first-order chi connectivity index (χ1) is 6.94. The normalized spacial score (nSPS) is 23.5. The topological polar surface area (TPSA) is 91.7 Å². The highest BCUT2D eigenvalue weighted by Gasteiger charge is 2.30. The Balaban J connectivity index is 2.53. The van der Waals surface area contributed by atoms with Crippen molar-refractivity contribution in [1.82, 2.24) is 0 Å². The number of hydrogen-bond acceptors (Lipinski definition) is 4. The van der Waals surface area contributed by atoms with E-state index in [1.54, 1.807) is 0 Å². The summed E-state index contributed by atoms with van der Waals surface area (Å²) in [7, 11) is -2.91. The minimum atomic E-state index is -2.91. The molecule has 1 saturated heterocycles. The summed E-state index contributed by atoms with van der Waals surface area (Å²) in [6.07, 6.45) is 0.864. The molecule has 0 spiro atoms. The van der Waals surface area contributed by atoms with Crippen molar-refractivity contribution in [2.75, 3.05) is 18.1 Å². The predicted octanol–water partition coefficient (Wildman–Crippen LogP) is -0.106. The van der Waals surface area contributed by atoms with Gasteiger partial charge in [0, 0.05) is 6.61 Å². The Morgan fingerprint density at radius 1 is 1.33 bits per heavy atom. The highest BCUT2D eigenvalue weighted by atomic mass is 32.2. The maximum Gasteiger partial charge on any atom is 0.303 e. The van der Waals surface area contributed by atoms with Crippen LogP contribution in [0.4, 0.5) is 0 Å². The summed E-state index contributed by atoms with van der Waals surface area (Å²) in [6, 6.07) is 0. The number of rotatable bonds is 4. The molecule has 15 heavy (non-hydrogen) atoms. The lowest BCUT2D eigenvalue weighted by Gasteiger charge is -2.27. The lowest BCUT2D eigenvalue weighted by Crippen LogP contribution is -2.31. The molecule has 2 N–H and O–H groups in total. The molecule has 0 aromatic rings. The van der Waals surface area contributed by atoms with Gasteiger partial charge in [0.15, 0.2) is 0 Å². The summed E-state index contributed by atoms with van der Waals surface area (Å²) < 4.78 is 22.3. The quantitative estimate of drug-likeness (QED) is 0.711. The SMILES string of the molecule is O=C(O)CC(CO)C1CCS(=O)(=O)CC1. The molecule has 1 atom stereocenters. The summed E-state index contributed by atoms with van der Waals surface area (Å²) in [5.74, 6) is -0.989. The van der Waals surface area contributed by atoms with Gasteiger partial charge in [0.25, 0.3) is 0 Å². The van der Waals surface area contributed by atoms with Crippen molar-refractivity contribution >= 4 is 15.8 Å². The van der Waals surface area contributed by atoms with Crippen LogP contribution in [0.2, 0.25) is 0 Å². The highest BCUT2D eigenvalue weighted by Crippen LogP contribution is 2.28. The molecular formula is C9H16O5S. The number of aliphatic hydroxyl groups excluding tert-OH is 1. The fourth-order valence-corrected chi connectivity index (χ4v) is 3.51. The number of carbonyl (C=O) groups is 1. The van der Waals surface area contributed by atoms with Gasteiger partial charge < -0.3 is 10.2 Å². The van der Waals surface area contributed by atoms with E-state index in [0.29, 0.717) is 12.8 Å². The maximum absolute atomic E-state index is 11.2. The van der Waals surface area contributed by atoms with Gasteiger partial charge in [0.2, 0.25) is 0 Å². The van der Waals surface area contributed by atoms with E-state index >= 15 is 0 Å². The summed E-state index contributed by atoms with van der Waals surface area (Å²) in [6.45, 7) is -0.184. The monoisotopic (exact) mass is 236 g/mol. The van der Waals surface area contributed by atoms with Crippen LogP contribution in [0, 0.1) is 11.8 Å². The molecule has 1 fully saturated rings. The Bertz CT molecular complexity index is 307. The molecule has 1 aliphatic heterocycles. The van der Waals surface area contributed by atoms with E-state index < -0.39 is 15.8 Å². The van der Waals surface area contributed by atoms with E-state index in [9.17, 15) is 13.2 Å². The van der Waals surface area contributed by atoms with Gasteiger partial charge in [0.1, 0.15) is 9.84 Å². The molecule has 0 aromatic carbocycles. The zero-order valence-corrected chi connectivity index (χ0v) is 9.24. The van der Waals surface area contributed by atoms with E-state index in [1.165, 1.54) is 0 Å². The Labute approximate surface area is 89.0 Å². The van der Waals surface area contributed by atoms with E-state index in [2.05, 4.69) is 0 Å². The van der Waals surface area contributed by atoms with Crippen molar-refractivity contribution in [3.63, 3.8) is 0 Å². The smallest absolute Gasteiger partial charge is 0.303 e. The van der Waals surface area contributed by atoms with Crippen molar-refractivity contribution in [2.24, 2.45) is 11.8 Å². The summed E-state index contributed by atoms with van der Waals surface area (Å²) in [5, 5.41) is 17.7. The van der Waals surface area contributed by atoms with Gasteiger partial charge in [-0.05, 0) is 24.7 Å². The summed E-state index contributed by atoms with van der Waals surface area (Å²) >= 11 is 0. The minimum absolute atomic E-state index is 0.0228. The van der Waals surface area contributed by atoms with Gasteiger partial charge in [-0.2, -0.15) is 0 Å². The molecule has 1 unspecified atom stereocenters. The molecule has 0 radical (unpaired) electrons. The van der Waals surface area contributed by atoms with E-state index in [-0.39, 0.29) is 36.4 Å². The fourth-order valence-electron chi connectivity index (χ4n) is 1.98. The van der Waals surface area contributed by atoms with Crippen molar-refractivity contribution in [2.45, 2.75) is 19.3 Å². The average molecular weight is 236 g/mol. The molecule has 1 heterocycles. The van der Waals surface area contributed by atoms with Crippen LogP contribution < -0.4 is 0 Å². The lowest BCUT2D eigenvalue weighted by molar-refractivity contribution is -0.139. The van der Waals surface area contributed by atoms with Crippen LogP contribution in [-0.2, 0) is 14.6 Å². The molecule has 5 nitrogen and oxygen atoms in total. The first kappa shape index (κ1) is 12.4. The van der Waals surface area contributed by atoms with Gasteiger partial charge in [0.05, 0.1) is 17.9 Å². The van der Waals surface area contributed by atoms with Crippen LogP contribution >= 0.6 is 0 Å². The molecule has 0 aliphatic carbocycles. The van der Waals surface area contributed by atoms with Crippen LogP contribution in [0.1, 0.15) is 19.3 Å². The Morgan fingerprint density at radius 3 is 2.27 bits per heavy atom. The minimum Gasteiger partial charge on any atom is -0.481 e. The Kier molecular flexibility index (Phi) is 4.10. The first-order valence-electron chi connectivity index (χ1n) is 4.97. The zero-order valence-electron chi connectivity index (χ0n) is 8.42. The first-order valence-corrected chi connectivity index (χ1v) is 6.80. The molecule has 0 amide bonds. The average Bonchev–Trinajstić information content (AvgIpc) is 2.14. The van der Waals surface area contributed by atoms with Gasteiger partial charge in [-0.25, -0.2) is 8.42 Å². The molecule has 1 rings (SSSR count). The van der Waals surface area contributed by atoms with Crippen molar-refractivity contribution in [3.8, 4) is 0 Å². The molecular weight excluding hydrogens is 220 g/mol. The van der Waals surface area contributed by atoms with Crippen molar-refractivity contribution in [1.29, 1.82) is 0 Å². The van der Waals surface area contributed by atoms with E-state index in [4.69, 9.17) is 10.2 Å². The summed E-state index contributed by atoms with van der Waals surface area (Å²) in [4.78, 5) is 10.5. The third-order valence-electron chi connectivity index (χ3n) is 2.94. The standard InChI is InChI=1S/C9H16O5S/c10-6-8(5-9(11)12)7-1-3-15(13,14)4-2-7/h7-8,10H,1-6H2,(H,11,12). The number of aliphatic hydroxyl groups is 1. The van der Waals surface area contributed by atoms with Crippen molar-refractivity contribution in [3.05, 3.63) is 0 Å². The van der Waals surface area contributed by atoms with Gasteiger partial charge in [-0.1, -0.05) is 0 Å². The van der Waals surface area contributed by atoms with Crippen LogP contribution in [0.15, 0.2) is 0 Å². The second-order valence-electron chi connectivity index (χ2n) is 4.03. The third-order valence-corrected chi connectivity index (χ3v) is 4.65. The molecule has 1 aliphatic rings. The third kappa shape index (κ3) is 3.79. The molecule has 6 heteroatoms. The Hall–Kier alpha value is -0.620.